The van der Waals surface area contributed by atoms with Gasteiger partial charge in [-0.05, 0) is 19.1 Å². The molecule has 1 aromatic carbocycles. The smallest absolute Gasteiger partial charge is 0.396 e. The molecule has 2 aromatic rings. The van der Waals surface area contributed by atoms with Crippen LogP contribution in [0.15, 0.2) is 21.3 Å². The molecule has 0 aliphatic carbocycles. The van der Waals surface area contributed by atoms with Gasteiger partial charge in [0.2, 0.25) is 12.2 Å². The summed E-state index contributed by atoms with van der Waals surface area (Å²) in [7, 11) is 0. The van der Waals surface area contributed by atoms with Crippen molar-refractivity contribution in [2.45, 2.75) is 65.3 Å². The van der Waals surface area contributed by atoms with E-state index in [9.17, 15) is 24.0 Å². The molecule has 5 atom stereocenters. The van der Waals surface area contributed by atoms with Crippen molar-refractivity contribution >= 4 is 45.4 Å². The molecule has 0 spiro atoms. The first kappa shape index (κ1) is 26.2. The third-order valence-corrected chi connectivity index (χ3v) is 5.97. The van der Waals surface area contributed by atoms with Crippen LogP contribution in [-0.2, 0) is 38.1 Å². The van der Waals surface area contributed by atoms with Gasteiger partial charge in [-0.1, -0.05) is 11.3 Å². The number of hydrogen-bond acceptors (Lipinski definition) is 12. The summed E-state index contributed by atoms with van der Waals surface area (Å²) in [6.45, 7) is 6.10. The summed E-state index contributed by atoms with van der Waals surface area (Å²) in [5.41, 5.74) is 0.958. The van der Waals surface area contributed by atoms with Crippen LogP contribution in [-0.4, -0.2) is 61.1 Å². The Hall–Kier alpha value is -3.45. The van der Waals surface area contributed by atoms with E-state index in [1.54, 1.807) is 19.1 Å². The molecule has 0 radical (unpaired) electrons. The molecule has 12 nitrogen and oxygen atoms in total. The second kappa shape index (κ2) is 10.9. The minimum Gasteiger partial charge on any atom is -0.463 e. The maximum atomic E-state index is 12.0. The summed E-state index contributed by atoms with van der Waals surface area (Å²) < 4.78 is 33.6. The molecule has 1 aliphatic rings. The lowest BCUT2D eigenvalue weighted by Crippen LogP contribution is -2.67. The van der Waals surface area contributed by atoms with E-state index >= 15 is 0 Å². The molecule has 190 valence electrons. The molecule has 0 bridgehead atoms. The molecule has 1 saturated heterocycles. The highest BCUT2D eigenvalue weighted by Gasteiger charge is 2.52. The number of nitrogens with one attached hydrogen (secondary N) is 1. The van der Waals surface area contributed by atoms with Crippen LogP contribution < -0.4 is 15.0 Å². The summed E-state index contributed by atoms with van der Waals surface area (Å²) in [5.74, 6) is -2.23. The number of aryl methyl sites for hydroxylation is 1. The highest BCUT2D eigenvalue weighted by molar-refractivity contribution is 7.16. The van der Waals surface area contributed by atoms with Crippen molar-refractivity contribution in [2.75, 3.05) is 6.61 Å². The Morgan fingerprint density at radius 1 is 1.00 bits per heavy atom. The Balaban J connectivity index is 2.03. The molecule has 1 aliphatic heterocycles. The summed E-state index contributed by atoms with van der Waals surface area (Å²) >= 11 is 0.897. The zero-order valence-corrected chi connectivity index (χ0v) is 20.5. The van der Waals surface area contributed by atoms with Gasteiger partial charge in [-0.3, -0.25) is 19.2 Å². The van der Waals surface area contributed by atoms with Crippen LogP contribution in [0.5, 0.6) is 5.75 Å². The van der Waals surface area contributed by atoms with Crippen LogP contribution in [0.2, 0.25) is 0 Å². The second-order valence-corrected chi connectivity index (χ2v) is 8.75. The first-order valence-electron chi connectivity index (χ1n) is 10.6. The van der Waals surface area contributed by atoms with Gasteiger partial charge in [-0.25, -0.2) is 4.79 Å². The van der Waals surface area contributed by atoms with Gasteiger partial charge in [0, 0.05) is 33.3 Å². The van der Waals surface area contributed by atoms with Gasteiger partial charge in [-0.2, -0.15) is 0 Å². The lowest BCUT2D eigenvalue weighted by Gasteiger charge is -2.44. The lowest BCUT2D eigenvalue weighted by molar-refractivity contribution is -0.257. The Morgan fingerprint density at radius 3 is 2.26 bits per heavy atom. The van der Waals surface area contributed by atoms with E-state index in [1.807, 2.05) is 0 Å². The van der Waals surface area contributed by atoms with Crippen molar-refractivity contribution in [1.82, 2.24) is 5.32 Å². The highest BCUT2D eigenvalue weighted by atomic mass is 32.1. The number of fused-ring (bicyclic) bond motifs is 1. The van der Waals surface area contributed by atoms with Crippen LogP contribution in [0.3, 0.4) is 0 Å². The molecular weight excluding hydrogens is 486 g/mol. The normalized spacial score (nSPS) is 23.9. The molecule has 1 N–H and O–H groups in total. The Morgan fingerprint density at radius 2 is 1.66 bits per heavy atom. The summed E-state index contributed by atoms with van der Waals surface area (Å²) in [5, 5.41) is 2.63. The largest absolute Gasteiger partial charge is 0.463 e. The van der Waals surface area contributed by atoms with Crippen molar-refractivity contribution in [3.63, 3.8) is 0 Å². The van der Waals surface area contributed by atoms with Gasteiger partial charge in [0.25, 0.3) is 0 Å². The van der Waals surface area contributed by atoms with Crippen LogP contribution in [0.1, 0.15) is 33.3 Å². The summed E-state index contributed by atoms with van der Waals surface area (Å²) in [6.07, 6.45) is -4.84. The second-order valence-electron chi connectivity index (χ2n) is 7.81. The van der Waals surface area contributed by atoms with E-state index in [0.29, 0.717) is 21.6 Å². The van der Waals surface area contributed by atoms with Gasteiger partial charge in [-0.15, -0.1) is 0 Å². The fraction of sp³-hybridized carbons (Fsp3) is 0.500. The van der Waals surface area contributed by atoms with E-state index < -0.39 is 59.4 Å². The number of carbonyl (C=O) groups excluding carboxylic acids is 4. The Kier molecular flexibility index (Phi) is 8.12. The van der Waals surface area contributed by atoms with E-state index in [-0.39, 0.29) is 6.61 Å². The van der Waals surface area contributed by atoms with Crippen LogP contribution >= 0.6 is 11.3 Å². The lowest BCUT2D eigenvalue weighted by atomic mass is 9.96. The first-order valence-corrected chi connectivity index (χ1v) is 11.4. The molecule has 1 aromatic heterocycles. The predicted octanol–water partition coefficient (Wildman–Crippen LogP) is 1.20. The summed E-state index contributed by atoms with van der Waals surface area (Å²) in [4.78, 5) is 58.4. The van der Waals surface area contributed by atoms with E-state index in [2.05, 4.69) is 5.32 Å². The van der Waals surface area contributed by atoms with Gasteiger partial charge < -0.3 is 33.4 Å². The molecule has 1 fully saturated rings. The molecule has 13 heteroatoms. The van der Waals surface area contributed by atoms with Crippen molar-refractivity contribution in [1.29, 1.82) is 0 Å². The molecule has 0 unspecified atom stereocenters. The third kappa shape index (κ3) is 6.36. The average Bonchev–Trinajstić information content (AvgIpc) is 3.13. The zero-order valence-electron chi connectivity index (χ0n) is 19.6. The monoisotopic (exact) mass is 511 g/mol. The zero-order chi connectivity index (χ0) is 25.9. The van der Waals surface area contributed by atoms with E-state index in [0.717, 1.165) is 25.2 Å². The number of hydrogen-bond donors (Lipinski definition) is 1. The molecule has 1 amide bonds. The predicted molar refractivity (Wildman–Crippen MR) is 120 cm³/mol. The van der Waals surface area contributed by atoms with Gasteiger partial charge in [0.1, 0.15) is 30.1 Å². The maximum Gasteiger partial charge on any atom is 0.396 e. The number of rotatable bonds is 7. The molecule has 2 heterocycles. The highest BCUT2D eigenvalue weighted by Crippen LogP contribution is 2.33. The molecular formula is C22H25NO11S. The standard InChI is InChI=1S/C22H25NO11S/c1-9-14(6-7-15-20(9)35-22(28)34-15)32-21-17(23-10(2)24)19(31-13(5)27)18(30-12(4)26)16(33-21)8-29-11(3)25/h6-7,16-19,21H,8H2,1-5H3,(H,23,24)/t16-,17-,18+,19+,21+/m0/s1. The van der Waals surface area contributed by atoms with Gasteiger partial charge >= 0.3 is 22.8 Å². The van der Waals surface area contributed by atoms with E-state index in [4.69, 9.17) is 28.1 Å². The van der Waals surface area contributed by atoms with Gasteiger partial charge in [0.05, 0.1) is 4.70 Å². The Bertz CT molecular complexity index is 1190. The quantitative estimate of drug-likeness (QED) is 0.421. The number of esters is 3. The fourth-order valence-electron chi connectivity index (χ4n) is 3.69. The van der Waals surface area contributed by atoms with Crippen molar-refractivity contribution in [3.05, 3.63) is 27.4 Å². The third-order valence-electron chi connectivity index (χ3n) is 5.01. The van der Waals surface area contributed by atoms with Crippen LogP contribution in [0.25, 0.3) is 10.3 Å². The van der Waals surface area contributed by atoms with Gasteiger partial charge in [0.15, 0.2) is 12.2 Å². The molecule has 3 rings (SSSR count). The van der Waals surface area contributed by atoms with Crippen LogP contribution in [0, 0.1) is 6.92 Å². The number of amides is 1. The maximum absolute atomic E-state index is 12.0. The number of ether oxygens (including phenoxy) is 5. The van der Waals surface area contributed by atoms with Crippen LogP contribution in [0.4, 0.5) is 0 Å². The van der Waals surface area contributed by atoms with E-state index in [1.165, 1.54) is 13.8 Å². The Labute approximate surface area is 203 Å². The van der Waals surface area contributed by atoms with Crippen molar-refractivity contribution < 1.29 is 47.3 Å². The average molecular weight is 512 g/mol. The minimum absolute atomic E-state index is 0.300. The topological polar surface area (TPSA) is 157 Å². The molecule has 0 saturated carbocycles. The summed E-state index contributed by atoms with van der Waals surface area (Å²) in [6, 6.07) is 1.99. The first-order chi connectivity index (χ1) is 16.5. The number of carbonyl (C=O) groups is 4. The SMILES string of the molecule is CC(=O)N[C@@H]1[C@H](Oc2ccc3oc(=O)sc3c2C)O[C@@H](COC(C)=O)[C@@H](OC(C)=O)[C@@H]1OC(C)=O. The van der Waals surface area contributed by atoms with Crippen molar-refractivity contribution in [3.8, 4) is 5.75 Å². The van der Waals surface area contributed by atoms with Crippen molar-refractivity contribution in [2.24, 2.45) is 0 Å². The molecule has 35 heavy (non-hydrogen) atoms. The fourth-order valence-corrected chi connectivity index (χ4v) is 4.46. The number of benzene rings is 1. The minimum atomic E-state index is -1.27.